The standard InChI is InChI=1S/C31H31NO3S3/c1-21(32-17-15-23(16-18-32)19-22-5-3-2-4-6-22)29(33)25-11-13-27(14-12-25)35-30(34)26-9-7-24(8-10-26)28-20-37-38-31(28)36/h2-14,20-21,23,29,33H,15-19H2,1H3. The lowest BCUT2D eigenvalue weighted by atomic mass is 9.89. The van der Waals surface area contributed by atoms with Gasteiger partial charge in [-0.2, -0.15) is 0 Å². The summed E-state index contributed by atoms with van der Waals surface area (Å²) in [6, 6.07) is 25.2. The number of rotatable bonds is 8. The van der Waals surface area contributed by atoms with Gasteiger partial charge < -0.3 is 9.84 Å². The molecule has 0 amide bonds. The van der Waals surface area contributed by atoms with E-state index in [1.165, 1.54) is 5.56 Å². The Hall–Kier alpha value is -2.68. The summed E-state index contributed by atoms with van der Waals surface area (Å²) in [5, 5.41) is 13.1. The Bertz CT molecular complexity index is 1390. The minimum absolute atomic E-state index is 0.0132. The molecule has 3 aromatic carbocycles. The lowest BCUT2D eigenvalue weighted by Crippen LogP contribution is -2.43. The molecule has 0 spiro atoms. The van der Waals surface area contributed by atoms with Gasteiger partial charge >= 0.3 is 5.97 Å². The van der Waals surface area contributed by atoms with E-state index in [-0.39, 0.29) is 6.04 Å². The second kappa shape index (κ2) is 12.5. The molecule has 4 nitrogen and oxygen atoms in total. The van der Waals surface area contributed by atoms with Crippen LogP contribution in [0.1, 0.15) is 47.4 Å². The molecule has 5 rings (SSSR count). The molecule has 1 fully saturated rings. The Morgan fingerprint density at radius 1 is 1.03 bits per heavy atom. The molecular formula is C31H31NO3S3. The number of nitrogens with zero attached hydrogens (tertiary/aromatic N) is 1. The van der Waals surface area contributed by atoms with E-state index in [1.807, 2.05) is 29.6 Å². The highest BCUT2D eigenvalue weighted by atomic mass is 32.9. The van der Waals surface area contributed by atoms with E-state index in [4.69, 9.17) is 17.0 Å². The summed E-state index contributed by atoms with van der Waals surface area (Å²) in [6.45, 7) is 4.07. The summed E-state index contributed by atoms with van der Waals surface area (Å²) < 4.78 is 6.44. The number of esters is 1. The van der Waals surface area contributed by atoms with Crippen LogP contribution in [0.5, 0.6) is 5.75 Å². The number of carbonyl (C=O) groups is 1. The van der Waals surface area contributed by atoms with Crippen molar-refractivity contribution in [2.75, 3.05) is 13.1 Å². The van der Waals surface area contributed by atoms with Crippen LogP contribution in [0.4, 0.5) is 0 Å². The molecule has 1 aliphatic heterocycles. The molecule has 1 saturated heterocycles. The van der Waals surface area contributed by atoms with Crippen LogP contribution in [-0.2, 0) is 6.42 Å². The molecule has 0 aliphatic carbocycles. The van der Waals surface area contributed by atoms with Gasteiger partial charge in [-0.1, -0.05) is 87.5 Å². The van der Waals surface area contributed by atoms with Crippen molar-refractivity contribution in [2.24, 2.45) is 5.92 Å². The van der Waals surface area contributed by atoms with Crippen LogP contribution in [0.15, 0.2) is 84.2 Å². The summed E-state index contributed by atoms with van der Waals surface area (Å²) in [5.41, 5.74) is 4.73. The van der Waals surface area contributed by atoms with Gasteiger partial charge in [-0.15, -0.1) is 0 Å². The number of piperidine rings is 1. The fraction of sp³-hybridized carbons (Fsp3) is 0.290. The first-order valence-electron chi connectivity index (χ1n) is 12.9. The van der Waals surface area contributed by atoms with Crippen LogP contribution in [0, 0.1) is 9.74 Å². The Labute approximate surface area is 236 Å². The van der Waals surface area contributed by atoms with Crippen LogP contribution < -0.4 is 4.74 Å². The first kappa shape index (κ1) is 26.9. The van der Waals surface area contributed by atoms with Crippen molar-refractivity contribution in [2.45, 2.75) is 38.3 Å². The minimum Gasteiger partial charge on any atom is -0.423 e. The molecule has 38 heavy (non-hydrogen) atoms. The summed E-state index contributed by atoms with van der Waals surface area (Å²) in [4.78, 5) is 15.0. The lowest BCUT2D eigenvalue weighted by Gasteiger charge is -2.38. The first-order valence-corrected chi connectivity index (χ1v) is 15.6. The van der Waals surface area contributed by atoms with Crippen molar-refractivity contribution >= 4 is 38.9 Å². The number of benzene rings is 3. The Morgan fingerprint density at radius 2 is 1.71 bits per heavy atom. The van der Waals surface area contributed by atoms with E-state index in [1.54, 1.807) is 44.9 Å². The van der Waals surface area contributed by atoms with Gasteiger partial charge in [0.2, 0.25) is 0 Å². The van der Waals surface area contributed by atoms with E-state index >= 15 is 0 Å². The molecule has 1 aliphatic rings. The number of hydrogen-bond acceptors (Lipinski definition) is 7. The molecular weight excluding hydrogens is 531 g/mol. The van der Waals surface area contributed by atoms with Crippen LogP contribution in [0.25, 0.3) is 11.1 Å². The largest absolute Gasteiger partial charge is 0.423 e. The third-order valence-corrected chi connectivity index (χ3v) is 10.1. The number of carbonyl (C=O) groups excluding carboxylic acids is 1. The van der Waals surface area contributed by atoms with Gasteiger partial charge in [-0.25, -0.2) is 4.79 Å². The number of likely N-dealkylation sites (tertiary alicyclic amines) is 1. The molecule has 2 atom stereocenters. The quantitative estimate of drug-likeness (QED) is 0.103. The van der Waals surface area contributed by atoms with E-state index in [0.29, 0.717) is 17.2 Å². The van der Waals surface area contributed by atoms with Crippen molar-refractivity contribution in [1.82, 2.24) is 4.90 Å². The Morgan fingerprint density at radius 3 is 2.34 bits per heavy atom. The second-order valence-electron chi connectivity index (χ2n) is 9.89. The van der Waals surface area contributed by atoms with Gasteiger partial charge in [0.1, 0.15) is 9.57 Å². The maximum absolute atomic E-state index is 12.7. The van der Waals surface area contributed by atoms with Crippen molar-refractivity contribution in [3.63, 3.8) is 0 Å². The monoisotopic (exact) mass is 561 g/mol. The van der Waals surface area contributed by atoms with Crippen molar-refractivity contribution in [3.8, 4) is 16.9 Å². The molecule has 2 heterocycles. The van der Waals surface area contributed by atoms with Gasteiger partial charge in [0, 0.05) is 17.0 Å². The van der Waals surface area contributed by atoms with E-state index in [2.05, 4.69) is 42.2 Å². The third kappa shape index (κ3) is 6.47. The molecule has 0 saturated carbocycles. The van der Waals surface area contributed by atoms with Crippen molar-refractivity contribution in [1.29, 1.82) is 0 Å². The molecule has 0 radical (unpaired) electrons. The highest BCUT2D eigenvalue weighted by Gasteiger charge is 2.27. The van der Waals surface area contributed by atoms with Crippen LogP contribution >= 0.6 is 32.9 Å². The number of aliphatic hydroxyl groups is 1. The van der Waals surface area contributed by atoms with Gasteiger partial charge in [0.05, 0.1) is 11.7 Å². The average Bonchev–Trinajstić information content (AvgIpc) is 3.39. The fourth-order valence-corrected chi connectivity index (χ4v) is 7.47. The van der Waals surface area contributed by atoms with Gasteiger partial charge in [0.25, 0.3) is 0 Å². The summed E-state index contributed by atoms with van der Waals surface area (Å²) in [6.07, 6.45) is 2.80. The van der Waals surface area contributed by atoms with Gasteiger partial charge in [-0.3, -0.25) is 4.90 Å². The minimum atomic E-state index is -0.606. The smallest absolute Gasteiger partial charge is 0.343 e. The Kier molecular flexibility index (Phi) is 8.82. The van der Waals surface area contributed by atoms with Crippen LogP contribution in [0.2, 0.25) is 0 Å². The zero-order valence-corrected chi connectivity index (χ0v) is 23.7. The number of hydrogen-bond donors (Lipinski definition) is 1. The molecule has 1 aromatic heterocycles. The lowest BCUT2D eigenvalue weighted by molar-refractivity contribution is 0.0373. The maximum atomic E-state index is 12.7. The summed E-state index contributed by atoms with van der Waals surface area (Å²) in [5.74, 6) is 0.735. The predicted molar refractivity (Wildman–Crippen MR) is 159 cm³/mol. The first-order chi connectivity index (χ1) is 18.5. The van der Waals surface area contributed by atoms with E-state index in [9.17, 15) is 9.90 Å². The Balaban J connectivity index is 1.13. The zero-order chi connectivity index (χ0) is 26.5. The SMILES string of the molecule is CC(C(O)c1ccc(OC(=O)c2ccc(-c3cssc3=S)cc2)cc1)N1CCC(Cc2ccccc2)CC1. The van der Waals surface area contributed by atoms with E-state index in [0.717, 1.165) is 52.9 Å². The summed E-state index contributed by atoms with van der Waals surface area (Å²) >= 11 is 5.36. The molecule has 1 N–H and O–H groups in total. The molecule has 4 aromatic rings. The molecule has 196 valence electrons. The number of ether oxygens (including phenoxy) is 1. The molecule has 0 bridgehead atoms. The third-order valence-electron chi connectivity index (χ3n) is 7.42. The highest BCUT2D eigenvalue weighted by Crippen LogP contribution is 2.30. The second-order valence-corrected chi connectivity index (χ2v) is 12.6. The van der Waals surface area contributed by atoms with Gasteiger partial charge in [0.15, 0.2) is 0 Å². The zero-order valence-electron chi connectivity index (χ0n) is 21.3. The van der Waals surface area contributed by atoms with Gasteiger partial charge in [-0.05, 0) is 86.1 Å². The van der Waals surface area contributed by atoms with Crippen LogP contribution in [-0.4, -0.2) is 35.1 Å². The maximum Gasteiger partial charge on any atom is 0.343 e. The normalized spacial score (nSPS) is 16.2. The fourth-order valence-electron chi connectivity index (χ4n) is 5.07. The topological polar surface area (TPSA) is 49.8 Å². The highest BCUT2D eigenvalue weighted by molar-refractivity contribution is 7.79. The van der Waals surface area contributed by atoms with Crippen molar-refractivity contribution in [3.05, 3.63) is 105 Å². The average molecular weight is 562 g/mol. The number of aliphatic hydroxyl groups excluding tert-OH is 1. The predicted octanol–water partition coefficient (Wildman–Crippen LogP) is 7.80. The molecule has 7 heteroatoms. The molecule has 2 unspecified atom stereocenters. The summed E-state index contributed by atoms with van der Waals surface area (Å²) in [7, 11) is 3.18. The van der Waals surface area contributed by atoms with Crippen molar-refractivity contribution < 1.29 is 14.6 Å². The van der Waals surface area contributed by atoms with Crippen LogP contribution in [0.3, 0.4) is 0 Å². The van der Waals surface area contributed by atoms with E-state index < -0.39 is 12.1 Å².